The van der Waals surface area contributed by atoms with Gasteiger partial charge in [-0.1, -0.05) is 13.8 Å². The van der Waals surface area contributed by atoms with E-state index in [0.717, 1.165) is 12.8 Å². The molecule has 2 heteroatoms. The Bertz CT molecular complexity index is 244. The minimum Gasteiger partial charge on any atom is -0.351 e. The number of fused-ring (bicyclic) bond motifs is 2. The van der Waals surface area contributed by atoms with Crippen LogP contribution in [0.1, 0.15) is 46.5 Å². The highest BCUT2D eigenvalue weighted by Crippen LogP contribution is 2.46. The Morgan fingerprint density at radius 1 is 1.31 bits per heavy atom. The van der Waals surface area contributed by atoms with Gasteiger partial charge in [-0.05, 0) is 37.5 Å². The lowest BCUT2D eigenvalue weighted by Crippen LogP contribution is -2.57. The van der Waals surface area contributed by atoms with Crippen LogP contribution >= 0.6 is 0 Å². The summed E-state index contributed by atoms with van der Waals surface area (Å²) in [6.07, 6.45) is 4.28. The molecule has 0 aromatic rings. The summed E-state index contributed by atoms with van der Waals surface area (Å²) >= 11 is 0. The van der Waals surface area contributed by atoms with Crippen LogP contribution in [0.2, 0.25) is 0 Å². The Labute approximate surface area is 80.1 Å². The van der Waals surface area contributed by atoms with Crippen LogP contribution in [0.25, 0.3) is 0 Å². The molecule has 2 bridgehead atoms. The molecule has 0 radical (unpaired) electrons. The molecule has 0 spiro atoms. The van der Waals surface area contributed by atoms with Crippen LogP contribution in [0.4, 0.5) is 0 Å². The van der Waals surface area contributed by atoms with Crippen molar-refractivity contribution in [2.45, 2.75) is 52.0 Å². The number of hydrogen-bond acceptors (Lipinski definition) is 1. The first-order valence-electron chi connectivity index (χ1n) is 5.20. The predicted molar refractivity (Wildman–Crippen MR) is 52.3 cm³/mol. The molecular formula is C11H19NO. The first-order valence-corrected chi connectivity index (χ1v) is 5.20. The van der Waals surface area contributed by atoms with Crippen LogP contribution in [0.15, 0.2) is 0 Å². The van der Waals surface area contributed by atoms with Gasteiger partial charge < -0.3 is 5.32 Å². The minimum absolute atomic E-state index is 0.0851. The highest BCUT2D eigenvalue weighted by atomic mass is 16.1. The highest BCUT2D eigenvalue weighted by Gasteiger charge is 2.45. The average molecular weight is 181 g/mol. The Balaban J connectivity index is 2.22. The van der Waals surface area contributed by atoms with Gasteiger partial charge in [-0.2, -0.15) is 0 Å². The zero-order chi connectivity index (χ0) is 9.69. The highest BCUT2D eigenvalue weighted by molar-refractivity contribution is 5.78. The Hall–Kier alpha value is -0.530. The third kappa shape index (κ3) is 1.72. The lowest BCUT2D eigenvalue weighted by atomic mass is 9.62. The molecule has 13 heavy (non-hydrogen) atoms. The van der Waals surface area contributed by atoms with E-state index in [1.165, 1.54) is 12.8 Å². The second-order valence-electron chi connectivity index (χ2n) is 5.93. The summed E-state index contributed by atoms with van der Waals surface area (Å²) in [5, 5.41) is 3.14. The number of hydrogen-bond donors (Lipinski definition) is 1. The molecule has 1 saturated carbocycles. The lowest BCUT2D eigenvalue weighted by molar-refractivity contribution is -0.129. The Morgan fingerprint density at radius 3 is 2.62 bits per heavy atom. The van der Waals surface area contributed by atoms with Crippen molar-refractivity contribution >= 4 is 5.91 Å². The molecule has 2 rings (SSSR count). The molecule has 1 aliphatic heterocycles. The first kappa shape index (κ1) is 9.04. The number of rotatable bonds is 0. The van der Waals surface area contributed by atoms with Gasteiger partial charge in [0, 0.05) is 12.0 Å². The van der Waals surface area contributed by atoms with E-state index in [-0.39, 0.29) is 11.4 Å². The number of carbonyl (C=O) groups excluding carboxylic acids is 1. The van der Waals surface area contributed by atoms with Crippen molar-refractivity contribution in [3.63, 3.8) is 0 Å². The Morgan fingerprint density at radius 2 is 2.00 bits per heavy atom. The van der Waals surface area contributed by atoms with Crippen molar-refractivity contribution in [1.29, 1.82) is 0 Å². The number of amides is 1. The molecule has 1 heterocycles. The third-order valence-electron chi connectivity index (χ3n) is 3.36. The van der Waals surface area contributed by atoms with Gasteiger partial charge in [-0.3, -0.25) is 4.79 Å². The van der Waals surface area contributed by atoms with Crippen molar-refractivity contribution in [3.8, 4) is 0 Å². The van der Waals surface area contributed by atoms with E-state index >= 15 is 0 Å². The molecule has 2 unspecified atom stereocenters. The predicted octanol–water partition coefficient (Wildman–Crippen LogP) is 2.09. The molecule has 2 nitrogen and oxygen atoms in total. The van der Waals surface area contributed by atoms with Crippen molar-refractivity contribution in [2.75, 3.05) is 0 Å². The largest absolute Gasteiger partial charge is 0.351 e. The quantitative estimate of drug-likeness (QED) is 0.609. The third-order valence-corrected chi connectivity index (χ3v) is 3.36. The maximum atomic E-state index is 11.4. The fourth-order valence-corrected chi connectivity index (χ4v) is 3.58. The topological polar surface area (TPSA) is 29.1 Å². The fourth-order valence-electron chi connectivity index (χ4n) is 3.58. The van der Waals surface area contributed by atoms with Gasteiger partial charge >= 0.3 is 0 Å². The van der Waals surface area contributed by atoms with Crippen molar-refractivity contribution in [2.24, 2.45) is 11.3 Å². The molecule has 2 aliphatic rings. The minimum atomic E-state index is 0.0851. The molecule has 1 saturated heterocycles. The molecule has 1 aliphatic carbocycles. The van der Waals surface area contributed by atoms with Crippen LogP contribution in [0.5, 0.6) is 0 Å². The standard InChI is InChI=1S/C11H19NO/c1-10(2)5-8-4-9(13)12-11(3,6-8)7-10/h8H,4-7H2,1-3H3,(H,12,13). The summed E-state index contributed by atoms with van der Waals surface area (Å²) in [5.41, 5.74) is 0.493. The fraction of sp³-hybridized carbons (Fsp3) is 0.909. The van der Waals surface area contributed by atoms with Gasteiger partial charge in [0.05, 0.1) is 0 Å². The van der Waals surface area contributed by atoms with Crippen LogP contribution in [-0.2, 0) is 4.79 Å². The summed E-state index contributed by atoms with van der Waals surface area (Å²) in [6, 6.07) is 0. The van der Waals surface area contributed by atoms with E-state index in [1.54, 1.807) is 0 Å². The second-order valence-corrected chi connectivity index (χ2v) is 5.93. The van der Waals surface area contributed by atoms with Gasteiger partial charge in [0.15, 0.2) is 0 Å². The van der Waals surface area contributed by atoms with Crippen LogP contribution in [-0.4, -0.2) is 11.4 Å². The van der Waals surface area contributed by atoms with Crippen LogP contribution in [0.3, 0.4) is 0 Å². The number of piperidine rings is 1. The van der Waals surface area contributed by atoms with E-state index in [9.17, 15) is 4.79 Å². The van der Waals surface area contributed by atoms with Crippen molar-refractivity contribution in [3.05, 3.63) is 0 Å². The second kappa shape index (κ2) is 2.49. The van der Waals surface area contributed by atoms with Crippen LogP contribution < -0.4 is 5.32 Å². The summed E-state index contributed by atoms with van der Waals surface area (Å²) in [6.45, 7) is 6.82. The number of nitrogens with one attached hydrogen (secondary N) is 1. The first-order chi connectivity index (χ1) is 5.89. The van der Waals surface area contributed by atoms with Gasteiger partial charge in [-0.15, -0.1) is 0 Å². The SMILES string of the molecule is CC1(C)CC2CC(=O)NC(C)(C2)C1. The molecule has 2 fully saturated rings. The van der Waals surface area contributed by atoms with E-state index in [4.69, 9.17) is 0 Å². The van der Waals surface area contributed by atoms with Gasteiger partial charge in [0.1, 0.15) is 0 Å². The number of carbonyl (C=O) groups is 1. The van der Waals surface area contributed by atoms with Crippen molar-refractivity contribution < 1.29 is 4.79 Å². The molecule has 0 aromatic carbocycles. The smallest absolute Gasteiger partial charge is 0.220 e. The van der Waals surface area contributed by atoms with Crippen LogP contribution in [0, 0.1) is 11.3 Å². The van der Waals surface area contributed by atoms with Gasteiger partial charge in [-0.25, -0.2) is 0 Å². The molecular weight excluding hydrogens is 162 g/mol. The van der Waals surface area contributed by atoms with E-state index in [1.807, 2.05) is 0 Å². The molecule has 1 amide bonds. The summed E-state index contributed by atoms with van der Waals surface area (Å²) in [5.74, 6) is 0.886. The van der Waals surface area contributed by atoms with E-state index in [2.05, 4.69) is 26.1 Å². The normalized spacial score (nSPS) is 42.7. The maximum Gasteiger partial charge on any atom is 0.220 e. The monoisotopic (exact) mass is 181 g/mol. The van der Waals surface area contributed by atoms with Gasteiger partial charge in [0.2, 0.25) is 5.91 Å². The molecule has 2 atom stereocenters. The molecule has 74 valence electrons. The lowest BCUT2D eigenvalue weighted by Gasteiger charge is -2.50. The van der Waals surface area contributed by atoms with E-state index in [0.29, 0.717) is 11.3 Å². The van der Waals surface area contributed by atoms with Crippen molar-refractivity contribution in [1.82, 2.24) is 5.32 Å². The molecule has 1 N–H and O–H groups in total. The summed E-state index contributed by atoms with van der Waals surface area (Å²) < 4.78 is 0. The van der Waals surface area contributed by atoms with E-state index < -0.39 is 0 Å². The summed E-state index contributed by atoms with van der Waals surface area (Å²) in [7, 11) is 0. The zero-order valence-corrected chi connectivity index (χ0v) is 8.81. The maximum absolute atomic E-state index is 11.4. The average Bonchev–Trinajstić information content (AvgIpc) is 1.75. The summed E-state index contributed by atoms with van der Waals surface area (Å²) in [4.78, 5) is 11.4. The van der Waals surface area contributed by atoms with Gasteiger partial charge in [0.25, 0.3) is 0 Å². The zero-order valence-electron chi connectivity index (χ0n) is 8.81. The molecule has 0 aromatic heterocycles. The Kier molecular flexibility index (Phi) is 1.73.